The molecule has 2 heterocycles. The average molecular weight is 288 g/mol. The lowest BCUT2D eigenvalue weighted by molar-refractivity contribution is -0.128. The van der Waals surface area contributed by atoms with E-state index in [0.717, 1.165) is 32.2 Å². The van der Waals surface area contributed by atoms with Crippen molar-refractivity contribution >= 4 is 15.7 Å². The highest BCUT2D eigenvalue weighted by molar-refractivity contribution is 7.91. The summed E-state index contributed by atoms with van der Waals surface area (Å²) in [6.45, 7) is 2.98. The van der Waals surface area contributed by atoms with Gasteiger partial charge in [-0.15, -0.1) is 0 Å². The fourth-order valence-corrected chi connectivity index (χ4v) is 4.60. The molecule has 19 heavy (non-hydrogen) atoms. The van der Waals surface area contributed by atoms with E-state index in [4.69, 9.17) is 0 Å². The first-order valence-corrected chi connectivity index (χ1v) is 9.06. The molecule has 0 aliphatic carbocycles. The summed E-state index contributed by atoms with van der Waals surface area (Å²) in [5, 5.41) is 6.40. The largest absolute Gasteiger partial charge is 0.352 e. The van der Waals surface area contributed by atoms with Crippen LogP contribution in [0, 0.1) is 0 Å². The van der Waals surface area contributed by atoms with Gasteiger partial charge in [-0.25, -0.2) is 8.42 Å². The standard InChI is InChI=1S/C13H24N2O3S/c1-2-6-13(7-3-8-14-13)12(16)15-11-4-9-19(17,18)10-5-11/h11,14H,2-10H2,1H3,(H,15,16). The molecule has 2 aliphatic rings. The van der Waals surface area contributed by atoms with E-state index < -0.39 is 15.4 Å². The van der Waals surface area contributed by atoms with Crippen LogP contribution in [0.4, 0.5) is 0 Å². The van der Waals surface area contributed by atoms with Gasteiger partial charge in [0.1, 0.15) is 9.84 Å². The minimum absolute atomic E-state index is 0.0205. The van der Waals surface area contributed by atoms with Gasteiger partial charge in [-0.3, -0.25) is 4.79 Å². The molecule has 0 radical (unpaired) electrons. The summed E-state index contributed by atoms with van der Waals surface area (Å²) in [5.74, 6) is 0.467. The number of nitrogens with one attached hydrogen (secondary N) is 2. The molecule has 0 aromatic rings. The van der Waals surface area contributed by atoms with Gasteiger partial charge in [0, 0.05) is 6.04 Å². The SMILES string of the molecule is CCCC1(C(=O)NC2CCS(=O)(=O)CC2)CCCN1. The fourth-order valence-electron chi connectivity index (χ4n) is 3.11. The summed E-state index contributed by atoms with van der Waals surface area (Å²) >= 11 is 0. The summed E-state index contributed by atoms with van der Waals surface area (Å²) in [5.41, 5.74) is -0.412. The number of sulfone groups is 1. The number of amides is 1. The van der Waals surface area contributed by atoms with E-state index in [1.165, 1.54) is 0 Å². The molecular weight excluding hydrogens is 264 g/mol. The topological polar surface area (TPSA) is 75.3 Å². The highest BCUT2D eigenvalue weighted by Gasteiger charge is 2.41. The molecule has 2 fully saturated rings. The molecule has 1 amide bonds. The van der Waals surface area contributed by atoms with Crippen molar-refractivity contribution in [2.24, 2.45) is 0 Å². The van der Waals surface area contributed by atoms with E-state index in [-0.39, 0.29) is 23.5 Å². The Labute approximate surface area is 115 Å². The van der Waals surface area contributed by atoms with E-state index in [2.05, 4.69) is 17.6 Å². The quantitative estimate of drug-likeness (QED) is 0.794. The Hall–Kier alpha value is -0.620. The van der Waals surface area contributed by atoms with Crippen molar-refractivity contribution in [3.05, 3.63) is 0 Å². The first-order valence-electron chi connectivity index (χ1n) is 7.24. The van der Waals surface area contributed by atoms with Gasteiger partial charge in [-0.1, -0.05) is 13.3 Å². The summed E-state index contributed by atoms with van der Waals surface area (Å²) in [4.78, 5) is 12.5. The predicted molar refractivity (Wildman–Crippen MR) is 74.7 cm³/mol. The zero-order valence-corrected chi connectivity index (χ0v) is 12.4. The van der Waals surface area contributed by atoms with Gasteiger partial charge in [0.25, 0.3) is 0 Å². The van der Waals surface area contributed by atoms with Crippen LogP contribution in [0.15, 0.2) is 0 Å². The molecule has 2 saturated heterocycles. The highest BCUT2D eigenvalue weighted by Crippen LogP contribution is 2.25. The zero-order valence-electron chi connectivity index (χ0n) is 11.6. The van der Waals surface area contributed by atoms with Crippen molar-refractivity contribution in [3.8, 4) is 0 Å². The van der Waals surface area contributed by atoms with Crippen LogP contribution >= 0.6 is 0 Å². The highest BCUT2D eigenvalue weighted by atomic mass is 32.2. The van der Waals surface area contributed by atoms with Crippen LogP contribution in [0.5, 0.6) is 0 Å². The number of hydrogen-bond acceptors (Lipinski definition) is 4. The van der Waals surface area contributed by atoms with E-state index in [1.807, 2.05) is 0 Å². The monoisotopic (exact) mass is 288 g/mol. The third kappa shape index (κ3) is 3.48. The van der Waals surface area contributed by atoms with Crippen molar-refractivity contribution in [1.29, 1.82) is 0 Å². The third-order valence-corrected chi connectivity index (χ3v) is 5.96. The number of hydrogen-bond donors (Lipinski definition) is 2. The van der Waals surface area contributed by atoms with Crippen molar-refractivity contribution in [2.75, 3.05) is 18.1 Å². The first-order chi connectivity index (χ1) is 8.97. The third-order valence-electron chi connectivity index (χ3n) is 4.24. The lowest BCUT2D eigenvalue weighted by Crippen LogP contribution is -2.56. The maximum Gasteiger partial charge on any atom is 0.240 e. The minimum atomic E-state index is -2.86. The molecule has 5 nitrogen and oxygen atoms in total. The second-order valence-electron chi connectivity index (χ2n) is 5.76. The molecule has 110 valence electrons. The Morgan fingerprint density at radius 1 is 1.37 bits per heavy atom. The van der Waals surface area contributed by atoms with E-state index >= 15 is 0 Å². The van der Waals surface area contributed by atoms with Crippen molar-refractivity contribution in [1.82, 2.24) is 10.6 Å². The van der Waals surface area contributed by atoms with Gasteiger partial charge in [-0.05, 0) is 38.6 Å². The first kappa shape index (κ1) is 14.8. The second kappa shape index (κ2) is 5.79. The van der Waals surface area contributed by atoms with Crippen LogP contribution in [-0.2, 0) is 14.6 Å². The molecule has 0 aromatic carbocycles. The van der Waals surface area contributed by atoms with Gasteiger partial charge in [0.05, 0.1) is 17.0 Å². The molecule has 0 saturated carbocycles. The van der Waals surface area contributed by atoms with Crippen molar-refractivity contribution in [3.63, 3.8) is 0 Å². The second-order valence-corrected chi connectivity index (χ2v) is 8.07. The zero-order chi connectivity index (χ0) is 13.9. The smallest absolute Gasteiger partial charge is 0.240 e. The molecule has 2 N–H and O–H groups in total. The van der Waals surface area contributed by atoms with Gasteiger partial charge >= 0.3 is 0 Å². The van der Waals surface area contributed by atoms with Crippen LogP contribution in [0.1, 0.15) is 45.4 Å². The van der Waals surface area contributed by atoms with Gasteiger partial charge in [0.15, 0.2) is 0 Å². The molecule has 0 aromatic heterocycles. The Balaban J connectivity index is 1.93. The molecule has 6 heteroatoms. The molecule has 0 spiro atoms. The molecule has 2 aliphatic heterocycles. The van der Waals surface area contributed by atoms with Gasteiger partial charge < -0.3 is 10.6 Å². The molecule has 1 unspecified atom stereocenters. The maximum atomic E-state index is 12.5. The van der Waals surface area contributed by atoms with E-state index in [1.54, 1.807) is 0 Å². The van der Waals surface area contributed by atoms with Crippen LogP contribution < -0.4 is 10.6 Å². The Kier molecular flexibility index (Phi) is 4.50. The lowest BCUT2D eigenvalue weighted by atomic mass is 9.90. The average Bonchev–Trinajstić information content (AvgIpc) is 2.82. The van der Waals surface area contributed by atoms with Crippen LogP contribution in [-0.4, -0.2) is 44.0 Å². The summed E-state index contributed by atoms with van der Waals surface area (Å²) in [7, 11) is -2.86. The minimum Gasteiger partial charge on any atom is -0.352 e. The lowest BCUT2D eigenvalue weighted by Gasteiger charge is -2.31. The van der Waals surface area contributed by atoms with E-state index in [0.29, 0.717) is 12.8 Å². The Bertz CT molecular complexity index is 413. The van der Waals surface area contributed by atoms with Crippen LogP contribution in [0.2, 0.25) is 0 Å². The van der Waals surface area contributed by atoms with Gasteiger partial charge in [-0.2, -0.15) is 0 Å². The normalized spacial score (nSPS) is 31.2. The van der Waals surface area contributed by atoms with Crippen molar-refractivity contribution in [2.45, 2.75) is 57.0 Å². The van der Waals surface area contributed by atoms with E-state index in [9.17, 15) is 13.2 Å². The molecule has 0 bridgehead atoms. The summed E-state index contributed by atoms with van der Waals surface area (Å²) in [6, 6.07) is 0.0205. The Morgan fingerprint density at radius 3 is 2.58 bits per heavy atom. The van der Waals surface area contributed by atoms with Crippen LogP contribution in [0.3, 0.4) is 0 Å². The molecule has 1 atom stereocenters. The Morgan fingerprint density at radius 2 is 2.05 bits per heavy atom. The van der Waals surface area contributed by atoms with Crippen molar-refractivity contribution < 1.29 is 13.2 Å². The van der Waals surface area contributed by atoms with Crippen LogP contribution in [0.25, 0.3) is 0 Å². The predicted octanol–water partition coefficient (Wildman–Crippen LogP) is 0.602. The van der Waals surface area contributed by atoms with Gasteiger partial charge in [0.2, 0.25) is 5.91 Å². The summed E-state index contributed by atoms with van der Waals surface area (Å²) < 4.78 is 22.8. The molecule has 2 rings (SSSR count). The summed E-state index contributed by atoms with van der Waals surface area (Å²) in [6.07, 6.45) is 4.85. The maximum absolute atomic E-state index is 12.5. The number of carbonyl (C=O) groups excluding carboxylic acids is 1. The number of rotatable bonds is 4. The number of carbonyl (C=O) groups is 1. The fraction of sp³-hybridized carbons (Fsp3) is 0.923. The molecular formula is C13H24N2O3S.